The molecule has 8 heteroatoms. The molecule has 0 saturated carbocycles. The van der Waals surface area contributed by atoms with Crippen molar-refractivity contribution in [2.75, 3.05) is 7.05 Å². The molecule has 28 heavy (non-hydrogen) atoms. The summed E-state index contributed by atoms with van der Waals surface area (Å²) >= 11 is 3.32. The fourth-order valence-electron chi connectivity index (χ4n) is 2.69. The predicted molar refractivity (Wildman–Crippen MR) is 109 cm³/mol. The van der Waals surface area contributed by atoms with E-state index in [4.69, 9.17) is 4.42 Å². The van der Waals surface area contributed by atoms with Crippen molar-refractivity contribution in [2.24, 2.45) is 0 Å². The molecule has 3 rings (SSSR count). The molecule has 1 heterocycles. The van der Waals surface area contributed by atoms with E-state index in [-0.39, 0.29) is 23.9 Å². The third kappa shape index (κ3) is 4.70. The summed E-state index contributed by atoms with van der Waals surface area (Å²) in [5.41, 5.74) is 1.27. The molecule has 1 aromatic heterocycles. The Morgan fingerprint density at radius 3 is 2.43 bits per heavy atom. The molecule has 0 fully saturated rings. The number of nitrogens with one attached hydrogen (secondary N) is 1. The first-order valence-electron chi connectivity index (χ1n) is 8.49. The molecule has 0 saturated heterocycles. The number of benzene rings is 2. The molecule has 3 aromatic rings. The molecular formula is C20H19BrN2O4S. The van der Waals surface area contributed by atoms with Gasteiger partial charge in [-0.05, 0) is 48.0 Å². The monoisotopic (exact) mass is 462 g/mol. The van der Waals surface area contributed by atoms with Gasteiger partial charge in [0.25, 0.3) is 5.91 Å². The molecule has 0 bridgehead atoms. The lowest BCUT2D eigenvalue weighted by Gasteiger charge is -2.21. The summed E-state index contributed by atoms with van der Waals surface area (Å²) < 4.78 is 33.9. The second-order valence-electron chi connectivity index (χ2n) is 6.09. The molecule has 6 nitrogen and oxygen atoms in total. The summed E-state index contributed by atoms with van der Waals surface area (Å²) in [7, 11) is -2.20. The average molecular weight is 463 g/mol. The van der Waals surface area contributed by atoms with Gasteiger partial charge in [0.15, 0.2) is 0 Å². The van der Waals surface area contributed by atoms with Crippen molar-refractivity contribution in [3.05, 3.63) is 88.3 Å². The second-order valence-corrected chi connectivity index (χ2v) is 8.94. The van der Waals surface area contributed by atoms with E-state index in [2.05, 4.69) is 21.2 Å². The minimum Gasteiger partial charge on any atom is -0.468 e. The Hall–Kier alpha value is -2.42. The van der Waals surface area contributed by atoms with Crippen molar-refractivity contribution in [3.8, 4) is 0 Å². The van der Waals surface area contributed by atoms with E-state index >= 15 is 0 Å². The highest BCUT2D eigenvalue weighted by atomic mass is 79.9. The van der Waals surface area contributed by atoms with Crippen LogP contribution in [-0.2, 0) is 23.1 Å². The third-order valence-corrected chi connectivity index (χ3v) is 6.43. The van der Waals surface area contributed by atoms with E-state index in [0.29, 0.717) is 15.8 Å². The fourth-order valence-corrected chi connectivity index (χ4v) is 4.68. The Labute approximate surface area is 172 Å². The molecule has 0 aliphatic heterocycles. The van der Waals surface area contributed by atoms with E-state index < -0.39 is 10.0 Å². The van der Waals surface area contributed by atoms with Crippen molar-refractivity contribution in [3.63, 3.8) is 0 Å². The Balaban J connectivity index is 1.92. The molecule has 0 aliphatic carbocycles. The average Bonchev–Trinajstić information content (AvgIpc) is 3.20. The van der Waals surface area contributed by atoms with E-state index in [1.165, 1.54) is 10.6 Å². The molecule has 1 amide bonds. The van der Waals surface area contributed by atoms with Crippen LogP contribution in [0.2, 0.25) is 0 Å². The Bertz CT molecular complexity index is 1050. The van der Waals surface area contributed by atoms with Crippen LogP contribution in [-0.4, -0.2) is 25.7 Å². The van der Waals surface area contributed by atoms with Gasteiger partial charge in [-0.1, -0.05) is 34.1 Å². The second kappa shape index (κ2) is 8.72. The van der Waals surface area contributed by atoms with Gasteiger partial charge < -0.3 is 9.73 Å². The van der Waals surface area contributed by atoms with Crippen LogP contribution in [0.1, 0.15) is 21.7 Å². The van der Waals surface area contributed by atoms with Crippen LogP contribution in [0.3, 0.4) is 0 Å². The Morgan fingerprint density at radius 2 is 1.82 bits per heavy atom. The maximum absolute atomic E-state index is 13.2. The first kappa shape index (κ1) is 20.3. The zero-order chi connectivity index (χ0) is 20.1. The number of hydrogen-bond donors (Lipinski definition) is 1. The van der Waals surface area contributed by atoms with Gasteiger partial charge in [-0.15, -0.1) is 0 Å². The standard InChI is InChI=1S/C20H19BrN2O4S/c1-22-20(24)16-9-7-15(8-10-16)13-23(14-18-5-3-11-27-18)28(25,26)19-6-2-4-17(21)12-19/h2-12H,13-14H2,1H3,(H,22,24). The van der Waals surface area contributed by atoms with Gasteiger partial charge in [0, 0.05) is 23.6 Å². The van der Waals surface area contributed by atoms with Crippen LogP contribution in [0.5, 0.6) is 0 Å². The van der Waals surface area contributed by atoms with Crippen molar-refractivity contribution >= 4 is 31.9 Å². The summed E-state index contributed by atoms with van der Waals surface area (Å²) in [6, 6.07) is 16.9. The first-order valence-corrected chi connectivity index (χ1v) is 10.7. The van der Waals surface area contributed by atoms with E-state index in [9.17, 15) is 13.2 Å². The molecule has 0 spiro atoms. The number of rotatable bonds is 7. The molecule has 0 radical (unpaired) electrons. The fraction of sp³-hybridized carbons (Fsp3) is 0.150. The number of nitrogens with zero attached hydrogens (tertiary/aromatic N) is 1. The van der Waals surface area contributed by atoms with Gasteiger partial charge in [0.1, 0.15) is 5.76 Å². The lowest BCUT2D eigenvalue weighted by atomic mass is 10.1. The number of furan rings is 1. The summed E-state index contributed by atoms with van der Waals surface area (Å²) in [6.07, 6.45) is 1.51. The van der Waals surface area contributed by atoms with E-state index in [0.717, 1.165) is 5.56 Å². The quantitative estimate of drug-likeness (QED) is 0.578. The van der Waals surface area contributed by atoms with E-state index in [1.54, 1.807) is 67.7 Å². The summed E-state index contributed by atoms with van der Waals surface area (Å²) in [5, 5.41) is 2.56. The summed E-state index contributed by atoms with van der Waals surface area (Å²) in [6.45, 7) is 0.239. The number of sulfonamides is 1. The molecule has 2 aromatic carbocycles. The topological polar surface area (TPSA) is 79.6 Å². The van der Waals surface area contributed by atoms with Crippen LogP contribution < -0.4 is 5.32 Å². The SMILES string of the molecule is CNC(=O)c1ccc(CN(Cc2ccco2)S(=O)(=O)c2cccc(Br)c2)cc1. The number of halogens is 1. The molecule has 0 aliphatic rings. The van der Waals surface area contributed by atoms with Gasteiger partial charge in [0.05, 0.1) is 17.7 Å². The van der Waals surface area contributed by atoms with Crippen LogP contribution in [0, 0.1) is 0 Å². The molecule has 0 unspecified atom stereocenters. The zero-order valence-corrected chi connectivity index (χ0v) is 17.5. The summed E-state index contributed by atoms with van der Waals surface area (Å²) in [5.74, 6) is 0.348. The van der Waals surface area contributed by atoms with Crippen LogP contribution in [0.25, 0.3) is 0 Å². The van der Waals surface area contributed by atoms with Crippen molar-refractivity contribution in [2.45, 2.75) is 18.0 Å². The highest BCUT2D eigenvalue weighted by Gasteiger charge is 2.26. The van der Waals surface area contributed by atoms with Crippen LogP contribution in [0.4, 0.5) is 0 Å². The maximum atomic E-state index is 13.2. The van der Waals surface area contributed by atoms with Crippen molar-refractivity contribution in [1.82, 2.24) is 9.62 Å². The highest BCUT2D eigenvalue weighted by molar-refractivity contribution is 9.10. The smallest absolute Gasteiger partial charge is 0.251 e. The minimum atomic E-state index is -3.76. The Kier molecular flexibility index (Phi) is 6.33. The molecule has 146 valence electrons. The minimum absolute atomic E-state index is 0.0963. The first-order chi connectivity index (χ1) is 13.4. The van der Waals surface area contributed by atoms with Gasteiger partial charge in [-0.2, -0.15) is 4.31 Å². The van der Waals surface area contributed by atoms with Gasteiger partial charge in [0.2, 0.25) is 10.0 Å². The lowest BCUT2D eigenvalue weighted by molar-refractivity contribution is 0.0963. The number of carbonyl (C=O) groups excluding carboxylic acids is 1. The van der Waals surface area contributed by atoms with Gasteiger partial charge >= 0.3 is 0 Å². The van der Waals surface area contributed by atoms with Crippen LogP contribution in [0.15, 0.2) is 80.7 Å². The number of amides is 1. The zero-order valence-electron chi connectivity index (χ0n) is 15.1. The molecular weight excluding hydrogens is 444 g/mol. The normalized spacial score (nSPS) is 11.5. The lowest BCUT2D eigenvalue weighted by Crippen LogP contribution is -2.30. The summed E-state index contributed by atoms with van der Waals surface area (Å²) in [4.78, 5) is 11.9. The van der Waals surface area contributed by atoms with Crippen molar-refractivity contribution in [1.29, 1.82) is 0 Å². The Morgan fingerprint density at radius 1 is 1.07 bits per heavy atom. The number of carbonyl (C=O) groups is 1. The largest absolute Gasteiger partial charge is 0.468 e. The van der Waals surface area contributed by atoms with Gasteiger partial charge in [-0.25, -0.2) is 8.42 Å². The number of hydrogen-bond acceptors (Lipinski definition) is 4. The van der Waals surface area contributed by atoms with Crippen molar-refractivity contribution < 1.29 is 17.6 Å². The molecule has 1 N–H and O–H groups in total. The van der Waals surface area contributed by atoms with Gasteiger partial charge in [-0.3, -0.25) is 4.79 Å². The third-order valence-electron chi connectivity index (χ3n) is 4.15. The predicted octanol–water partition coefficient (Wildman–Crippen LogP) is 3.79. The maximum Gasteiger partial charge on any atom is 0.251 e. The highest BCUT2D eigenvalue weighted by Crippen LogP contribution is 2.24. The molecule has 0 atom stereocenters. The van der Waals surface area contributed by atoms with E-state index in [1.807, 2.05) is 0 Å². The van der Waals surface area contributed by atoms with Crippen LogP contribution >= 0.6 is 15.9 Å².